The van der Waals surface area contributed by atoms with E-state index < -0.39 is 17.7 Å². The quantitative estimate of drug-likeness (QED) is 0.747. The first-order valence-corrected chi connectivity index (χ1v) is 8.51. The molecule has 0 N–H and O–H groups in total. The molecule has 7 nitrogen and oxygen atoms in total. The van der Waals surface area contributed by atoms with Crippen molar-refractivity contribution in [3.05, 3.63) is 58.9 Å². The van der Waals surface area contributed by atoms with Gasteiger partial charge in [0.15, 0.2) is 11.4 Å². The van der Waals surface area contributed by atoms with Gasteiger partial charge in [-0.3, -0.25) is 4.79 Å². The number of hydrogen-bond donors (Lipinski definition) is 0. The van der Waals surface area contributed by atoms with Crippen LogP contribution in [0.15, 0.2) is 36.5 Å². The van der Waals surface area contributed by atoms with Crippen molar-refractivity contribution in [1.29, 1.82) is 0 Å². The molecule has 3 rings (SSSR count). The molecule has 0 unspecified atom stereocenters. The van der Waals surface area contributed by atoms with Crippen molar-refractivity contribution < 1.29 is 28.5 Å². The highest BCUT2D eigenvalue weighted by molar-refractivity contribution is 5.91. The number of ether oxygens (including phenoxy) is 4. The van der Waals surface area contributed by atoms with Gasteiger partial charge in [-0.1, -0.05) is 30.3 Å². The predicted octanol–water partition coefficient (Wildman–Crippen LogP) is 2.80. The third-order valence-electron chi connectivity index (χ3n) is 4.09. The van der Waals surface area contributed by atoms with Gasteiger partial charge >= 0.3 is 11.9 Å². The molecule has 0 atom stereocenters. The number of hydrogen-bond acceptors (Lipinski definition) is 7. The van der Waals surface area contributed by atoms with E-state index in [-0.39, 0.29) is 31.1 Å². The maximum atomic E-state index is 12.3. The Labute approximate surface area is 157 Å². The summed E-state index contributed by atoms with van der Waals surface area (Å²) in [4.78, 5) is 28.4. The third-order valence-corrected chi connectivity index (χ3v) is 4.09. The second kappa shape index (κ2) is 7.75. The second-order valence-corrected chi connectivity index (χ2v) is 6.54. The van der Waals surface area contributed by atoms with Crippen molar-refractivity contribution >= 4 is 11.9 Å². The van der Waals surface area contributed by atoms with E-state index >= 15 is 0 Å². The molecular formula is C20H21NO6. The lowest BCUT2D eigenvalue weighted by molar-refractivity contribution is -0.180. The Morgan fingerprint density at radius 3 is 2.67 bits per heavy atom. The lowest BCUT2D eigenvalue weighted by Crippen LogP contribution is -2.37. The minimum atomic E-state index is -0.913. The van der Waals surface area contributed by atoms with E-state index in [4.69, 9.17) is 18.9 Å². The number of carbonyl (C=O) groups is 2. The maximum Gasteiger partial charge on any atom is 0.360 e. The summed E-state index contributed by atoms with van der Waals surface area (Å²) in [7, 11) is 1.27. The zero-order valence-electron chi connectivity index (χ0n) is 15.5. The number of nitrogens with zero attached hydrogens (tertiary/aromatic N) is 1. The number of esters is 2. The summed E-state index contributed by atoms with van der Waals surface area (Å²) in [6.45, 7) is 3.85. The van der Waals surface area contributed by atoms with Gasteiger partial charge < -0.3 is 18.9 Å². The smallest absolute Gasteiger partial charge is 0.360 e. The largest absolute Gasteiger partial charge is 0.464 e. The molecule has 7 heteroatoms. The van der Waals surface area contributed by atoms with Gasteiger partial charge in [0.05, 0.1) is 20.1 Å². The third kappa shape index (κ3) is 4.43. The average molecular weight is 371 g/mol. The Kier molecular flexibility index (Phi) is 5.41. The summed E-state index contributed by atoms with van der Waals surface area (Å²) in [5, 5.41) is 0. The molecule has 0 spiro atoms. The van der Waals surface area contributed by atoms with E-state index in [1.165, 1.54) is 13.3 Å². The molecule has 142 valence electrons. The van der Waals surface area contributed by atoms with E-state index in [1.54, 1.807) is 13.8 Å². The lowest BCUT2D eigenvalue weighted by atomic mass is 10.0. The molecule has 27 heavy (non-hydrogen) atoms. The molecule has 1 aliphatic rings. The minimum Gasteiger partial charge on any atom is -0.464 e. The molecule has 0 amide bonds. The van der Waals surface area contributed by atoms with E-state index in [9.17, 15) is 9.59 Å². The number of methoxy groups -OCH3 is 1. The highest BCUT2D eigenvalue weighted by Crippen LogP contribution is 2.36. The summed E-state index contributed by atoms with van der Waals surface area (Å²) >= 11 is 0. The zero-order chi connectivity index (χ0) is 19.4. The molecule has 0 fully saturated rings. The van der Waals surface area contributed by atoms with Crippen LogP contribution in [0, 0.1) is 0 Å². The second-order valence-electron chi connectivity index (χ2n) is 6.54. The molecule has 1 aromatic carbocycles. The summed E-state index contributed by atoms with van der Waals surface area (Å²) in [5.41, 5.74) is 2.15. The topological polar surface area (TPSA) is 84.0 Å². The van der Waals surface area contributed by atoms with Crippen LogP contribution in [0.3, 0.4) is 0 Å². The fourth-order valence-electron chi connectivity index (χ4n) is 2.70. The first-order valence-electron chi connectivity index (χ1n) is 8.51. The van der Waals surface area contributed by atoms with Gasteiger partial charge in [-0.15, -0.1) is 0 Å². The van der Waals surface area contributed by atoms with Crippen molar-refractivity contribution in [2.24, 2.45) is 0 Å². The fourth-order valence-corrected chi connectivity index (χ4v) is 2.70. The van der Waals surface area contributed by atoms with Crippen LogP contribution < -0.4 is 4.74 Å². The maximum absolute atomic E-state index is 12.3. The van der Waals surface area contributed by atoms with Crippen LogP contribution >= 0.6 is 0 Å². The van der Waals surface area contributed by atoms with Gasteiger partial charge in [0.1, 0.15) is 6.61 Å². The van der Waals surface area contributed by atoms with Crippen molar-refractivity contribution in [3.63, 3.8) is 0 Å². The first kappa shape index (κ1) is 18.8. The lowest BCUT2D eigenvalue weighted by Gasteiger charge is -2.34. The van der Waals surface area contributed by atoms with Gasteiger partial charge in [-0.2, -0.15) is 0 Å². The molecular weight excluding hydrogens is 350 g/mol. The number of rotatable bonds is 5. The average Bonchev–Trinajstić information content (AvgIpc) is 2.66. The SMILES string of the molecule is COC(=O)c1ncc(CC(=O)OCc2ccccc2)c2c1OC(C)(C)OC2. The monoisotopic (exact) mass is 371 g/mol. The van der Waals surface area contributed by atoms with E-state index in [0.717, 1.165) is 5.56 Å². The van der Waals surface area contributed by atoms with Crippen LogP contribution in [0.25, 0.3) is 0 Å². The van der Waals surface area contributed by atoms with Crippen molar-refractivity contribution in [3.8, 4) is 5.75 Å². The zero-order valence-corrected chi connectivity index (χ0v) is 15.5. The molecule has 2 heterocycles. The first-order chi connectivity index (χ1) is 12.9. The Balaban J connectivity index is 1.79. The normalized spacial score (nSPS) is 14.6. The fraction of sp³-hybridized carbons (Fsp3) is 0.350. The number of carbonyl (C=O) groups excluding carboxylic acids is 2. The van der Waals surface area contributed by atoms with Gasteiger partial charge in [0, 0.05) is 25.6 Å². The summed E-state index contributed by atoms with van der Waals surface area (Å²) < 4.78 is 21.5. The molecule has 1 aliphatic heterocycles. The Hall–Kier alpha value is -2.93. The minimum absolute atomic E-state index is 0.00321. The predicted molar refractivity (Wildman–Crippen MR) is 95.0 cm³/mol. The summed E-state index contributed by atoms with van der Waals surface area (Å²) in [6, 6.07) is 9.42. The summed E-state index contributed by atoms with van der Waals surface area (Å²) in [6.07, 6.45) is 1.46. The molecule has 0 aliphatic carbocycles. The Morgan fingerprint density at radius 1 is 1.22 bits per heavy atom. The molecule has 0 saturated carbocycles. The Bertz CT molecular complexity index is 847. The highest BCUT2D eigenvalue weighted by Gasteiger charge is 2.34. The van der Waals surface area contributed by atoms with E-state index in [0.29, 0.717) is 11.1 Å². The van der Waals surface area contributed by atoms with Crippen LogP contribution in [0.1, 0.15) is 41.0 Å². The van der Waals surface area contributed by atoms with E-state index in [2.05, 4.69) is 4.98 Å². The van der Waals surface area contributed by atoms with E-state index in [1.807, 2.05) is 30.3 Å². The van der Waals surface area contributed by atoms with Crippen LogP contribution in [0.2, 0.25) is 0 Å². The van der Waals surface area contributed by atoms with Crippen molar-refractivity contribution in [2.45, 2.75) is 39.3 Å². The van der Waals surface area contributed by atoms with Gasteiger partial charge in [-0.25, -0.2) is 9.78 Å². The Morgan fingerprint density at radius 2 is 1.96 bits per heavy atom. The molecule has 0 saturated heterocycles. The highest BCUT2D eigenvalue weighted by atomic mass is 16.7. The summed E-state index contributed by atoms with van der Waals surface area (Å²) in [5.74, 6) is -1.64. The van der Waals surface area contributed by atoms with Crippen LogP contribution in [0.4, 0.5) is 0 Å². The number of benzene rings is 1. The van der Waals surface area contributed by atoms with Crippen LogP contribution in [-0.4, -0.2) is 29.8 Å². The number of fused-ring (bicyclic) bond motifs is 1. The van der Waals surface area contributed by atoms with Crippen molar-refractivity contribution in [2.75, 3.05) is 7.11 Å². The standard InChI is InChI=1S/C20H21NO6/c1-20(2)26-12-15-14(10-21-17(18(15)27-20)19(23)24-3)9-16(22)25-11-13-7-5-4-6-8-13/h4-8,10H,9,11-12H2,1-3H3. The van der Waals surface area contributed by atoms with Gasteiger partial charge in [0.25, 0.3) is 0 Å². The van der Waals surface area contributed by atoms with Gasteiger partial charge in [0.2, 0.25) is 5.79 Å². The van der Waals surface area contributed by atoms with Gasteiger partial charge in [-0.05, 0) is 11.1 Å². The van der Waals surface area contributed by atoms with Crippen LogP contribution in [-0.2, 0) is 38.6 Å². The molecule has 0 bridgehead atoms. The molecule has 0 radical (unpaired) electrons. The number of pyridine rings is 1. The van der Waals surface area contributed by atoms with Crippen molar-refractivity contribution in [1.82, 2.24) is 4.98 Å². The molecule has 2 aromatic rings. The number of aromatic nitrogens is 1. The molecule has 1 aromatic heterocycles. The van der Waals surface area contributed by atoms with Crippen LogP contribution in [0.5, 0.6) is 5.75 Å².